The minimum Gasteiger partial charge on any atom is -0.0610 e. The fourth-order valence-corrected chi connectivity index (χ4v) is 17.0. The molecule has 2 aliphatic rings. The molecule has 0 heterocycles. The first-order chi connectivity index (χ1) is 40.6. The Morgan fingerprint density at radius 3 is 0.817 bits per heavy atom. The number of hydrogen-bond acceptors (Lipinski definition) is 0. The Kier molecular flexibility index (Phi) is 8.43. The number of fused-ring (bicyclic) bond motifs is 5. The summed E-state index contributed by atoms with van der Waals surface area (Å²) >= 11 is 0. The Hall–Kier alpha value is -9.88. The summed E-state index contributed by atoms with van der Waals surface area (Å²) < 4.78 is 0. The predicted molar refractivity (Wildman–Crippen MR) is 352 cm³/mol. The minimum atomic E-state index is -0.0310. The van der Waals surface area contributed by atoms with E-state index in [0.717, 1.165) is 0 Å². The van der Waals surface area contributed by atoms with Crippen molar-refractivity contribution >= 4 is 129 Å². The van der Waals surface area contributed by atoms with Crippen molar-refractivity contribution in [2.45, 2.75) is 37.5 Å². The van der Waals surface area contributed by atoms with E-state index in [1.54, 1.807) is 0 Å². The van der Waals surface area contributed by atoms with Crippen LogP contribution in [0.2, 0.25) is 0 Å². The molecule has 0 radical (unpaired) electrons. The summed E-state index contributed by atoms with van der Waals surface area (Å²) in [6.07, 6.45) is 6.14. The zero-order chi connectivity index (χ0) is 53.1. The van der Waals surface area contributed by atoms with Gasteiger partial charge in [0.25, 0.3) is 0 Å². The molecule has 0 aliphatic heterocycles. The SMILES string of the molecule is c1cc2ccc3cc(-c4ccc5ccc6c(-c7ccc8c(c7)C7(CCCCC7)c7cc(-c9ccc%10ccc%11c(-c%12cc%13ccc%14cccc%15ccc(c%12)c%13c%14%15)ccc%12ccc9c%10c%12%11)ccc7-8)ccc7ccc4c5c76)cc4ccc(c1)c2c34. The van der Waals surface area contributed by atoms with Crippen molar-refractivity contribution in [3.63, 3.8) is 0 Å². The van der Waals surface area contributed by atoms with E-state index in [2.05, 4.69) is 243 Å². The van der Waals surface area contributed by atoms with Gasteiger partial charge in [-0.3, -0.25) is 0 Å². The molecule has 0 atom stereocenters. The van der Waals surface area contributed by atoms with Gasteiger partial charge in [-0.15, -0.1) is 0 Å². The molecule has 1 spiro atoms. The Balaban J connectivity index is 0.707. The van der Waals surface area contributed by atoms with Gasteiger partial charge in [0.05, 0.1) is 0 Å². The molecule has 0 N–H and O–H groups in total. The van der Waals surface area contributed by atoms with E-state index in [1.807, 2.05) is 0 Å². The Bertz CT molecular complexity index is 5310. The molecule has 2 aliphatic carbocycles. The quantitative estimate of drug-likeness (QED) is 0.154. The van der Waals surface area contributed by atoms with Gasteiger partial charge in [0.1, 0.15) is 0 Å². The van der Waals surface area contributed by atoms with Crippen LogP contribution >= 0.6 is 0 Å². The largest absolute Gasteiger partial charge is 0.0610 e. The third-order valence-corrected chi connectivity index (χ3v) is 20.6. The van der Waals surface area contributed by atoms with Gasteiger partial charge < -0.3 is 0 Å². The Morgan fingerprint density at radius 1 is 0.195 bits per heavy atom. The molecule has 378 valence electrons. The van der Waals surface area contributed by atoms with Crippen LogP contribution in [0.5, 0.6) is 0 Å². The number of benzene rings is 18. The molecule has 0 aromatic heterocycles. The molecule has 1 saturated carbocycles. The fraction of sp³-hybridized carbons (Fsp3) is 0.0732. The van der Waals surface area contributed by atoms with Gasteiger partial charge in [-0.2, -0.15) is 0 Å². The van der Waals surface area contributed by atoms with E-state index in [0.29, 0.717) is 0 Å². The highest BCUT2D eigenvalue weighted by atomic mass is 14.5. The zero-order valence-corrected chi connectivity index (χ0v) is 45.1. The van der Waals surface area contributed by atoms with Gasteiger partial charge >= 0.3 is 0 Å². The molecule has 0 amide bonds. The predicted octanol–water partition coefficient (Wildman–Crippen LogP) is 23.2. The molecule has 18 aromatic rings. The molecule has 18 aromatic carbocycles. The second kappa shape index (κ2) is 15.7. The minimum absolute atomic E-state index is 0.0310. The summed E-state index contributed by atoms with van der Waals surface area (Å²) in [4.78, 5) is 0. The van der Waals surface area contributed by atoms with Crippen LogP contribution < -0.4 is 0 Å². The van der Waals surface area contributed by atoms with E-state index in [4.69, 9.17) is 0 Å². The fourth-order valence-electron chi connectivity index (χ4n) is 17.0. The molecule has 0 heteroatoms. The van der Waals surface area contributed by atoms with Crippen LogP contribution in [0.3, 0.4) is 0 Å². The number of hydrogen-bond donors (Lipinski definition) is 0. The summed E-state index contributed by atoms with van der Waals surface area (Å²) in [6, 6.07) is 94.6. The third-order valence-electron chi connectivity index (χ3n) is 20.6. The molecule has 82 heavy (non-hydrogen) atoms. The molecule has 1 fully saturated rings. The van der Waals surface area contributed by atoms with Crippen LogP contribution in [-0.2, 0) is 5.41 Å². The lowest BCUT2D eigenvalue weighted by atomic mass is 9.67. The lowest BCUT2D eigenvalue weighted by Crippen LogP contribution is -2.28. The van der Waals surface area contributed by atoms with Crippen molar-refractivity contribution in [3.8, 4) is 55.6 Å². The Morgan fingerprint density at radius 2 is 0.463 bits per heavy atom. The van der Waals surface area contributed by atoms with Crippen molar-refractivity contribution in [2.75, 3.05) is 0 Å². The van der Waals surface area contributed by atoms with E-state index in [9.17, 15) is 0 Å². The molecule has 0 unspecified atom stereocenters. The molecule has 0 nitrogen and oxygen atoms in total. The van der Waals surface area contributed by atoms with Gasteiger partial charge in [-0.1, -0.05) is 226 Å². The topological polar surface area (TPSA) is 0 Å². The van der Waals surface area contributed by atoms with Crippen molar-refractivity contribution in [2.24, 2.45) is 0 Å². The van der Waals surface area contributed by atoms with Gasteiger partial charge in [-0.05, 0) is 245 Å². The third kappa shape index (κ3) is 5.71. The lowest BCUT2D eigenvalue weighted by molar-refractivity contribution is 0.353. The van der Waals surface area contributed by atoms with Crippen molar-refractivity contribution < 1.29 is 0 Å². The van der Waals surface area contributed by atoms with E-state index >= 15 is 0 Å². The highest BCUT2D eigenvalue weighted by Crippen LogP contribution is 2.58. The monoisotopic (exact) mass is 1030 g/mol. The molecule has 0 bridgehead atoms. The van der Waals surface area contributed by atoms with Crippen molar-refractivity contribution in [3.05, 3.63) is 254 Å². The van der Waals surface area contributed by atoms with Crippen LogP contribution in [0.1, 0.15) is 43.2 Å². The zero-order valence-electron chi connectivity index (χ0n) is 45.1. The van der Waals surface area contributed by atoms with Crippen molar-refractivity contribution in [1.29, 1.82) is 0 Å². The first kappa shape index (κ1) is 43.9. The second-order valence-electron chi connectivity index (χ2n) is 24.5. The number of rotatable bonds is 4. The summed E-state index contributed by atoms with van der Waals surface area (Å²) in [5.74, 6) is 0. The summed E-state index contributed by atoms with van der Waals surface area (Å²) in [5, 5.41) is 31.8. The van der Waals surface area contributed by atoms with Crippen LogP contribution in [-0.4, -0.2) is 0 Å². The molecular weight excluding hydrogens is 985 g/mol. The standard InChI is InChI=1S/C82H50/c1-2-38-82(39-3-1)72-44-54(62-28-18-50-24-36-70-64(30-20-52-22-34-68(62)78(50)80(52)70)60-40-56-14-10-46-6-4-7-47-11-15-57(41-60)76(56)74(46)47)26-32-66(72)67-33-27-55(45-73(67)82)63-29-19-51-25-37-71-65(31-21-53-23-35-69(63)79(51)81(53)71)61-42-58-16-12-48-8-5-9-49-13-17-59(43-61)77(58)75(48)49/h4-37,40-45H,1-3,38-39H2. The van der Waals surface area contributed by atoms with Crippen LogP contribution in [0.4, 0.5) is 0 Å². The average molecular weight is 1040 g/mol. The lowest BCUT2D eigenvalue weighted by Gasteiger charge is -2.36. The van der Waals surface area contributed by atoms with Gasteiger partial charge in [0.15, 0.2) is 0 Å². The maximum absolute atomic E-state index is 2.62. The molecular formula is C82H50. The van der Waals surface area contributed by atoms with Gasteiger partial charge in [0, 0.05) is 5.41 Å². The van der Waals surface area contributed by atoms with Gasteiger partial charge in [-0.25, -0.2) is 0 Å². The maximum Gasteiger partial charge on any atom is 0.0215 e. The van der Waals surface area contributed by atoms with E-state index in [-0.39, 0.29) is 5.41 Å². The highest BCUT2D eigenvalue weighted by Gasteiger charge is 2.44. The normalized spacial score (nSPS) is 14.4. The second-order valence-corrected chi connectivity index (χ2v) is 24.5. The molecule has 0 saturated heterocycles. The van der Waals surface area contributed by atoms with Crippen molar-refractivity contribution in [1.82, 2.24) is 0 Å². The first-order valence-electron chi connectivity index (χ1n) is 29.7. The highest BCUT2D eigenvalue weighted by molar-refractivity contribution is 6.31. The maximum atomic E-state index is 2.62. The first-order valence-corrected chi connectivity index (χ1v) is 29.7. The van der Waals surface area contributed by atoms with E-state index in [1.165, 1.54) is 228 Å². The van der Waals surface area contributed by atoms with Crippen LogP contribution in [0, 0.1) is 0 Å². The van der Waals surface area contributed by atoms with Gasteiger partial charge in [0.2, 0.25) is 0 Å². The summed E-state index contributed by atoms with van der Waals surface area (Å²) in [5.41, 5.74) is 16.2. The van der Waals surface area contributed by atoms with E-state index < -0.39 is 0 Å². The smallest absolute Gasteiger partial charge is 0.0215 e. The van der Waals surface area contributed by atoms with Crippen LogP contribution in [0.25, 0.3) is 185 Å². The Labute approximate surface area is 473 Å². The molecule has 20 rings (SSSR count). The average Bonchev–Trinajstić information content (AvgIpc) is 3.77. The summed E-state index contributed by atoms with van der Waals surface area (Å²) in [6.45, 7) is 0. The van der Waals surface area contributed by atoms with Crippen LogP contribution in [0.15, 0.2) is 243 Å². The summed E-state index contributed by atoms with van der Waals surface area (Å²) in [7, 11) is 0.